The minimum Gasteiger partial charge on any atom is -0.394 e. The number of hydrogen-bond acceptors (Lipinski definition) is 6. The Morgan fingerprint density at radius 2 is 1.15 bits per heavy atom. The number of rotatable bonds is 11. The molecule has 0 amide bonds. The second-order valence-corrected chi connectivity index (χ2v) is 7.84. The summed E-state index contributed by atoms with van der Waals surface area (Å²) < 4.78 is 11.6. The lowest BCUT2D eigenvalue weighted by Crippen LogP contribution is -2.51. The van der Waals surface area contributed by atoms with E-state index in [1.54, 1.807) is 0 Å². The van der Waals surface area contributed by atoms with Crippen molar-refractivity contribution in [1.82, 2.24) is 0 Å². The average Bonchev–Trinajstić information content (AvgIpc) is 2.90. The molecule has 0 spiro atoms. The SMILES string of the molecule is OC[C@@H](O)[C@@H](OCc1ccccc1)[C@H](O)[C@H](O)[C@H](C#Cc1ccccc1)OCc1ccccc1. The molecule has 6 nitrogen and oxygen atoms in total. The van der Waals surface area contributed by atoms with Crippen LogP contribution in [0.2, 0.25) is 0 Å². The van der Waals surface area contributed by atoms with Gasteiger partial charge in [0.2, 0.25) is 0 Å². The molecule has 0 fully saturated rings. The van der Waals surface area contributed by atoms with Gasteiger partial charge in [-0.15, -0.1) is 0 Å². The van der Waals surface area contributed by atoms with Gasteiger partial charge in [0, 0.05) is 5.56 Å². The fourth-order valence-corrected chi connectivity index (χ4v) is 3.34. The molecule has 0 saturated heterocycles. The summed E-state index contributed by atoms with van der Waals surface area (Å²) in [7, 11) is 0. The third kappa shape index (κ3) is 7.79. The zero-order chi connectivity index (χ0) is 24.2. The van der Waals surface area contributed by atoms with E-state index in [0.29, 0.717) is 0 Å². The van der Waals surface area contributed by atoms with Gasteiger partial charge < -0.3 is 29.9 Å². The highest BCUT2D eigenvalue weighted by molar-refractivity contribution is 5.35. The molecule has 0 bridgehead atoms. The van der Waals surface area contributed by atoms with Crippen LogP contribution in [0.15, 0.2) is 91.0 Å². The predicted octanol–water partition coefficient (Wildman–Crippen LogP) is 2.28. The van der Waals surface area contributed by atoms with E-state index in [1.807, 2.05) is 91.0 Å². The third-order valence-electron chi connectivity index (χ3n) is 5.25. The molecule has 6 heteroatoms. The van der Waals surface area contributed by atoms with Crippen molar-refractivity contribution < 1.29 is 29.9 Å². The van der Waals surface area contributed by atoms with Crippen LogP contribution >= 0.6 is 0 Å². The van der Waals surface area contributed by atoms with E-state index < -0.39 is 37.1 Å². The van der Waals surface area contributed by atoms with E-state index in [1.165, 1.54) is 0 Å². The van der Waals surface area contributed by atoms with Crippen LogP contribution in [0.3, 0.4) is 0 Å². The second-order valence-electron chi connectivity index (χ2n) is 7.84. The molecule has 0 heterocycles. The Kier molecular flexibility index (Phi) is 10.3. The van der Waals surface area contributed by atoms with Gasteiger partial charge in [-0.3, -0.25) is 0 Å². The van der Waals surface area contributed by atoms with Crippen LogP contribution in [0.4, 0.5) is 0 Å². The van der Waals surface area contributed by atoms with Crippen molar-refractivity contribution in [3.8, 4) is 11.8 Å². The predicted molar refractivity (Wildman–Crippen MR) is 128 cm³/mol. The second kappa shape index (κ2) is 13.6. The lowest BCUT2D eigenvalue weighted by molar-refractivity contribution is -0.166. The molecule has 0 aliphatic rings. The standard InChI is InChI=1S/C28H30O6/c29-18-24(30)28(34-20-23-14-8-3-9-15-23)27(32)26(31)25(17-16-21-10-4-1-5-11-21)33-19-22-12-6-2-7-13-22/h1-15,24-32H,18-20H2/t24-,25+,26-,27-,28-/m1/s1. The molecule has 5 atom stereocenters. The van der Waals surface area contributed by atoms with Crippen LogP contribution in [-0.2, 0) is 22.7 Å². The summed E-state index contributed by atoms with van der Waals surface area (Å²) in [6.45, 7) is -0.400. The fourth-order valence-electron chi connectivity index (χ4n) is 3.34. The molecule has 3 aromatic carbocycles. The van der Waals surface area contributed by atoms with Gasteiger partial charge in [0.15, 0.2) is 0 Å². The molecule has 0 radical (unpaired) electrons. The monoisotopic (exact) mass is 462 g/mol. The van der Waals surface area contributed by atoms with Gasteiger partial charge in [0.05, 0.1) is 19.8 Å². The van der Waals surface area contributed by atoms with Gasteiger partial charge in [-0.2, -0.15) is 0 Å². The van der Waals surface area contributed by atoms with Crippen molar-refractivity contribution in [1.29, 1.82) is 0 Å². The maximum Gasteiger partial charge on any atom is 0.147 e. The van der Waals surface area contributed by atoms with Gasteiger partial charge in [-0.05, 0) is 23.3 Å². The molecular weight excluding hydrogens is 432 g/mol. The van der Waals surface area contributed by atoms with E-state index >= 15 is 0 Å². The molecule has 4 N–H and O–H groups in total. The quantitative estimate of drug-likeness (QED) is 0.327. The zero-order valence-electron chi connectivity index (χ0n) is 18.8. The van der Waals surface area contributed by atoms with Crippen LogP contribution in [0.25, 0.3) is 0 Å². The normalized spacial score (nSPS) is 15.4. The Morgan fingerprint density at radius 3 is 1.68 bits per heavy atom. The first kappa shape index (κ1) is 25.6. The number of ether oxygens (including phenoxy) is 2. The molecular formula is C28H30O6. The molecule has 0 aliphatic carbocycles. The van der Waals surface area contributed by atoms with Crippen LogP contribution < -0.4 is 0 Å². The van der Waals surface area contributed by atoms with E-state index in [9.17, 15) is 20.4 Å². The largest absolute Gasteiger partial charge is 0.394 e. The van der Waals surface area contributed by atoms with E-state index in [2.05, 4.69) is 11.8 Å². The van der Waals surface area contributed by atoms with Crippen LogP contribution in [0.5, 0.6) is 0 Å². The van der Waals surface area contributed by atoms with Gasteiger partial charge in [-0.1, -0.05) is 90.7 Å². The van der Waals surface area contributed by atoms with Crippen molar-refractivity contribution in [2.24, 2.45) is 0 Å². The number of aliphatic hydroxyl groups is 4. The molecule has 34 heavy (non-hydrogen) atoms. The third-order valence-corrected chi connectivity index (χ3v) is 5.25. The molecule has 178 valence electrons. The maximum absolute atomic E-state index is 11.0. The first-order valence-corrected chi connectivity index (χ1v) is 11.1. The van der Waals surface area contributed by atoms with Crippen molar-refractivity contribution >= 4 is 0 Å². The van der Waals surface area contributed by atoms with Gasteiger partial charge in [0.1, 0.15) is 30.5 Å². The average molecular weight is 463 g/mol. The highest BCUT2D eigenvalue weighted by atomic mass is 16.5. The van der Waals surface area contributed by atoms with Gasteiger partial charge >= 0.3 is 0 Å². The Balaban J connectivity index is 1.77. The first-order chi connectivity index (χ1) is 16.6. The molecule has 3 aromatic rings. The maximum atomic E-state index is 11.0. The van der Waals surface area contributed by atoms with Gasteiger partial charge in [0.25, 0.3) is 0 Å². The molecule has 0 saturated carbocycles. The van der Waals surface area contributed by atoms with Crippen molar-refractivity contribution in [3.05, 3.63) is 108 Å². The van der Waals surface area contributed by atoms with Crippen molar-refractivity contribution in [2.75, 3.05) is 6.61 Å². The Hall–Kier alpha value is -3.02. The summed E-state index contributed by atoms with van der Waals surface area (Å²) in [4.78, 5) is 0. The molecule has 0 unspecified atom stereocenters. The minimum atomic E-state index is -1.57. The van der Waals surface area contributed by atoms with Crippen molar-refractivity contribution in [3.63, 3.8) is 0 Å². The summed E-state index contributed by atoms with van der Waals surface area (Å²) in [5.41, 5.74) is 2.42. The van der Waals surface area contributed by atoms with Crippen molar-refractivity contribution in [2.45, 2.75) is 43.7 Å². The Morgan fingerprint density at radius 1 is 0.647 bits per heavy atom. The summed E-state index contributed by atoms with van der Waals surface area (Å²) in [5.74, 6) is 5.85. The number of benzene rings is 3. The van der Waals surface area contributed by atoms with Crippen LogP contribution in [0, 0.1) is 11.8 Å². The number of aliphatic hydroxyl groups excluding tert-OH is 4. The smallest absolute Gasteiger partial charge is 0.147 e. The van der Waals surface area contributed by atoms with Crippen LogP contribution in [-0.4, -0.2) is 57.6 Å². The highest BCUT2D eigenvalue weighted by Crippen LogP contribution is 2.17. The zero-order valence-corrected chi connectivity index (χ0v) is 18.8. The lowest BCUT2D eigenvalue weighted by atomic mass is 9.98. The summed E-state index contributed by atoms with van der Waals surface area (Å²) in [6, 6.07) is 27.8. The molecule has 0 aliphatic heterocycles. The molecule has 0 aromatic heterocycles. The fraction of sp³-hybridized carbons (Fsp3) is 0.286. The van der Waals surface area contributed by atoms with E-state index in [4.69, 9.17) is 9.47 Å². The molecule has 3 rings (SSSR count). The Labute approximate surface area is 200 Å². The topological polar surface area (TPSA) is 99.4 Å². The van der Waals surface area contributed by atoms with E-state index in [-0.39, 0.29) is 13.2 Å². The first-order valence-electron chi connectivity index (χ1n) is 11.1. The summed E-state index contributed by atoms with van der Waals surface area (Å²) >= 11 is 0. The summed E-state index contributed by atoms with van der Waals surface area (Å²) in [6.07, 6.45) is -6.84. The Bertz CT molecular complexity index is 1020. The number of hydrogen-bond donors (Lipinski definition) is 4. The lowest BCUT2D eigenvalue weighted by Gasteiger charge is -2.32. The van der Waals surface area contributed by atoms with Crippen LogP contribution in [0.1, 0.15) is 16.7 Å². The minimum absolute atomic E-state index is 0.0809. The van der Waals surface area contributed by atoms with Gasteiger partial charge in [-0.25, -0.2) is 0 Å². The van der Waals surface area contributed by atoms with E-state index in [0.717, 1.165) is 16.7 Å². The highest BCUT2D eigenvalue weighted by Gasteiger charge is 2.37. The summed E-state index contributed by atoms with van der Waals surface area (Å²) in [5, 5.41) is 41.7.